The fraction of sp³-hybridized carbons (Fsp3) is 0.462. The lowest BCUT2D eigenvalue weighted by Gasteiger charge is -2.45. The van der Waals surface area contributed by atoms with Crippen LogP contribution in [-0.4, -0.2) is 29.4 Å². The van der Waals surface area contributed by atoms with Crippen LogP contribution in [0.5, 0.6) is 0 Å². The average Bonchev–Trinajstić information content (AvgIpc) is 2.71. The van der Waals surface area contributed by atoms with Gasteiger partial charge in [0.15, 0.2) is 0 Å². The zero-order valence-electron chi connectivity index (χ0n) is 9.90. The molecule has 1 fully saturated rings. The van der Waals surface area contributed by atoms with Crippen LogP contribution >= 0.6 is 0 Å². The lowest BCUT2D eigenvalue weighted by Crippen LogP contribution is -2.66. The van der Waals surface area contributed by atoms with Gasteiger partial charge in [-0.15, -0.1) is 0 Å². The molecule has 2 heterocycles. The standard InChI is InChI=1S/C13H16N2O2/c1-13(14)7-15(8-13)12(16)9-2-3-10-5-17-6-11(10)4-9/h2-4H,5-8,14H2,1H3. The average molecular weight is 232 g/mol. The van der Waals surface area contributed by atoms with Gasteiger partial charge in [-0.3, -0.25) is 4.79 Å². The van der Waals surface area contributed by atoms with Gasteiger partial charge in [-0.2, -0.15) is 0 Å². The molecule has 0 atom stereocenters. The van der Waals surface area contributed by atoms with E-state index in [0.29, 0.717) is 26.3 Å². The summed E-state index contributed by atoms with van der Waals surface area (Å²) in [5.41, 5.74) is 8.75. The largest absolute Gasteiger partial charge is 0.372 e. The molecule has 0 aliphatic carbocycles. The first-order valence-electron chi connectivity index (χ1n) is 5.83. The first-order chi connectivity index (χ1) is 8.05. The molecule has 0 unspecified atom stereocenters. The number of nitrogens with two attached hydrogens (primary N) is 1. The summed E-state index contributed by atoms with van der Waals surface area (Å²) < 4.78 is 5.34. The molecule has 1 aromatic rings. The van der Waals surface area contributed by atoms with Crippen LogP contribution in [0.3, 0.4) is 0 Å². The van der Waals surface area contributed by atoms with Gasteiger partial charge in [-0.25, -0.2) is 0 Å². The SMILES string of the molecule is CC1(N)CN(C(=O)c2ccc3c(c2)COC3)C1. The molecule has 2 aliphatic heterocycles. The van der Waals surface area contributed by atoms with Gasteiger partial charge in [0, 0.05) is 24.2 Å². The summed E-state index contributed by atoms with van der Waals surface area (Å²) in [6.45, 7) is 4.52. The van der Waals surface area contributed by atoms with Crippen molar-refractivity contribution in [3.63, 3.8) is 0 Å². The molecule has 3 rings (SSSR count). The third-order valence-electron chi connectivity index (χ3n) is 3.36. The van der Waals surface area contributed by atoms with Crippen LogP contribution in [0.1, 0.15) is 28.4 Å². The predicted molar refractivity (Wildman–Crippen MR) is 63.4 cm³/mol. The van der Waals surface area contributed by atoms with Crippen molar-refractivity contribution in [1.82, 2.24) is 4.90 Å². The Labute approximate surface area is 100 Å². The molecule has 0 saturated carbocycles. The van der Waals surface area contributed by atoms with Crippen molar-refractivity contribution in [2.75, 3.05) is 13.1 Å². The summed E-state index contributed by atoms with van der Waals surface area (Å²) in [6.07, 6.45) is 0. The topological polar surface area (TPSA) is 55.6 Å². The molecule has 0 radical (unpaired) electrons. The van der Waals surface area contributed by atoms with Crippen molar-refractivity contribution < 1.29 is 9.53 Å². The van der Waals surface area contributed by atoms with Crippen molar-refractivity contribution in [2.24, 2.45) is 5.73 Å². The van der Waals surface area contributed by atoms with E-state index >= 15 is 0 Å². The van der Waals surface area contributed by atoms with Crippen LogP contribution in [-0.2, 0) is 18.0 Å². The number of ether oxygens (including phenoxy) is 1. The van der Waals surface area contributed by atoms with Crippen molar-refractivity contribution in [3.8, 4) is 0 Å². The summed E-state index contributed by atoms with van der Waals surface area (Å²) in [4.78, 5) is 13.9. The van der Waals surface area contributed by atoms with Crippen LogP contribution in [0.4, 0.5) is 0 Å². The minimum Gasteiger partial charge on any atom is -0.372 e. The van der Waals surface area contributed by atoms with Gasteiger partial charge in [0.05, 0.1) is 13.2 Å². The molecule has 0 aromatic heterocycles. The Morgan fingerprint density at radius 3 is 2.76 bits per heavy atom. The number of nitrogens with zero attached hydrogens (tertiary/aromatic N) is 1. The molecular formula is C13H16N2O2. The summed E-state index contributed by atoms with van der Waals surface area (Å²) >= 11 is 0. The van der Waals surface area contributed by atoms with Gasteiger partial charge in [-0.05, 0) is 30.2 Å². The van der Waals surface area contributed by atoms with E-state index in [2.05, 4.69) is 0 Å². The fourth-order valence-electron chi connectivity index (χ4n) is 2.46. The number of carbonyl (C=O) groups is 1. The molecule has 90 valence electrons. The molecule has 1 saturated heterocycles. The lowest BCUT2D eigenvalue weighted by molar-refractivity contribution is 0.0453. The van der Waals surface area contributed by atoms with Crippen molar-refractivity contribution in [1.29, 1.82) is 0 Å². The van der Waals surface area contributed by atoms with Crippen LogP contribution in [0, 0.1) is 0 Å². The molecular weight excluding hydrogens is 216 g/mol. The van der Waals surface area contributed by atoms with Crippen LogP contribution in [0.15, 0.2) is 18.2 Å². The van der Waals surface area contributed by atoms with Gasteiger partial charge in [0.1, 0.15) is 0 Å². The second-order valence-electron chi connectivity index (χ2n) is 5.29. The third-order valence-corrected chi connectivity index (χ3v) is 3.36. The third kappa shape index (κ3) is 1.83. The van der Waals surface area contributed by atoms with Crippen molar-refractivity contribution in [2.45, 2.75) is 25.7 Å². The van der Waals surface area contributed by atoms with Gasteiger partial charge >= 0.3 is 0 Å². The number of amides is 1. The minimum absolute atomic E-state index is 0.0719. The quantitative estimate of drug-likeness (QED) is 0.782. The van der Waals surface area contributed by atoms with E-state index in [1.54, 1.807) is 4.90 Å². The molecule has 1 aromatic carbocycles. The highest BCUT2D eigenvalue weighted by molar-refractivity contribution is 5.95. The van der Waals surface area contributed by atoms with Crippen molar-refractivity contribution in [3.05, 3.63) is 34.9 Å². The summed E-state index contributed by atoms with van der Waals surface area (Å²) in [5, 5.41) is 0. The summed E-state index contributed by atoms with van der Waals surface area (Å²) in [7, 11) is 0. The zero-order valence-corrected chi connectivity index (χ0v) is 9.90. The molecule has 0 bridgehead atoms. The number of likely N-dealkylation sites (tertiary alicyclic amines) is 1. The highest BCUT2D eigenvalue weighted by Crippen LogP contribution is 2.24. The van der Waals surface area contributed by atoms with E-state index in [1.807, 2.05) is 25.1 Å². The summed E-state index contributed by atoms with van der Waals surface area (Å²) in [6, 6.07) is 5.80. The first kappa shape index (κ1) is 10.7. The second-order valence-corrected chi connectivity index (χ2v) is 5.29. The Hall–Kier alpha value is -1.39. The zero-order chi connectivity index (χ0) is 12.0. The molecule has 17 heavy (non-hydrogen) atoms. The van der Waals surface area contributed by atoms with Crippen LogP contribution < -0.4 is 5.73 Å². The van der Waals surface area contributed by atoms with Gasteiger partial charge < -0.3 is 15.4 Å². The van der Waals surface area contributed by atoms with E-state index in [4.69, 9.17) is 10.5 Å². The Bertz CT molecular complexity index is 474. The number of hydrogen-bond donors (Lipinski definition) is 1. The van der Waals surface area contributed by atoms with E-state index < -0.39 is 0 Å². The van der Waals surface area contributed by atoms with Gasteiger partial charge in [-0.1, -0.05) is 6.07 Å². The van der Waals surface area contributed by atoms with E-state index in [0.717, 1.165) is 11.1 Å². The molecule has 4 heteroatoms. The molecule has 0 spiro atoms. The Balaban J connectivity index is 1.79. The van der Waals surface area contributed by atoms with Crippen LogP contribution in [0.25, 0.3) is 0 Å². The van der Waals surface area contributed by atoms with Crippen LogP contribution in [0.2, 0.25) is 0 Å². The maximum Gasteiger partial charge on any atom is 0.253 e. The normalized spacial score (nSPS) is 20.9. The molecule has 1 amide bonds. The van der Waals surface area contributed by atoms with E-state index in [9.17, 15) is 4.79 Å². The lowest BCUT2D eigenvalue weighted by atomic mass is 9.92. The number of benzene rings is 1. The van der Waals surface area contributed by atoms with Gasteiger partial charge in [0.25, 0.3) is 5.91 Å². The Morgan fingerprint density at radius 2 is 2.06 bits per heavy atom. The highest BCUT2D eigenvalue weighted by Gasteiger charge is 2.38. The van der Waals surface area contributed by atoms with E-state index in [-0.39, 0.29) is 11.4 Å². The predicted octanol–water partition coefficient (Wildman–Crippen LogP) is 0.890. The number of carbonyl (C=O) groups excluding carboxylic acids is 1. The number of fused-ring (bicyclic) bond motifs is 1. The molecule has 2 N–H and O–H groups in total. The minimum atomic E-state index is -0.213. The molecule has 2 aliphatic rings. The fourth-order valence-corrected chi connectivity index (χ4v) is 2.46. The maximum absolute atomic E-state index is 12.1. The Morgan fingerprint density at radius 1 is 1.35 bits per heavy atom. The number of rotatable bonds is 1. The second kappa shape index (κ2) is 3.55. The van der Waals surface area contributed by atoms with Gasteiger partial charge in [0.2, 0.25) is 0 Å². The maximum atomic E-state index is 12.1. The Kier molecular flexibility index (Phi) is 2.24. The summed E-state index contributed by atoms with van der Waals surface area (Å²) in [5.74, 6) is 0.0719. The monoisotopic (exact) mass is 232 g/mol. The van der Waals surface area contributed by atoms with Crippen molar-refractivity contribution >= 4 is 5.91 Å². The highest BCUT2D eigenvalue weighted by atomic mass is 16.5. The number of hydrogen-bond acceptors (Lipinski definition) is 3. The smallest absolute Gasteiger partial charge is 0.253 e. The van der Waals surface area contributed by atoms with E-state index in [1.165, 1.54) is 5.56 Å². The molecule has 4 nitrogen and oxygen atoms in total. The first-order valence-corrected chi connectivity index (χ1v) is 5.83.